The van der Waals surface area contributed by atoms with Crippen LogP contribution >= 0.6 is 0 Å². The van der Waals surface area contributed by atoms with E-state index in [2.05, 4.69) is 66.1 Å². The van der Waals surface area contributed by atoms with Crippen molar-refractivity contribution in [3.05, 3.63) is 41.3 Å². The molecule has 1 saturated heterocycles. The first-order valence-corrected chi connectivity index (χ1v) is 9.87. The Balaban J connectivity index is 1.62. The smallest absolute Gasteiger partial charge is 0.222 e. The maximum Gasteiger partial charge on any atom is 0.222 e. The average Bonchev–Trinajstić information content (AvgIpc) is 2.59. The van der Waals surface area contributed by atoms with Gasteiger partial charge in [-0.15, -0.1) is 0 Å². The Hall–Kier alpha value is -2.14. The fraction of sp³-hybridized carbons (Fsp3) is 0.500. The second kappa shape index (κ2) is 8.70. The molecule has 2 heterocycles. The summed E-state index contributed by atoms with van der Waals surface area (Å²) in [5, 5.41) is 3.50. The molecule has 1 aliphatic heterocycles. The Morgan fingerprint density at radius 2 is 1.74 bits per heavy atom. The molecule has 0 atom stereocenters. The van der Waals surface area contributed by atoms with Crippen molar-refractivity contribution < 1.29 is 0 Å². The number of aryl methyl sites for hydroxylation is 2. The van der Waals surface area contributed by atoms with Gasteiger partial charge in [0.1, 0.15) is 5.82 Å². The fourth-order valence-corrected chi connectivity index (χ4v) is 3.87. The Morgan fingerprint density at radius 1 is 1.07 bits per heavy atom. The Morgan fingerprint density at radius 3 is 2.37 bits per heavy atom. The predicted octanol–water partition coefficient (Wildman–Crippen LogP) is 4.08. The number of hydrogen-bond donors (Lipinski definition) is 2. The Kier molecular flexibility index (Phi) is 6.32. The molecule has 0 saturated carbocycles. The molecule has 2 aromatic rings. The highest BCUT2D eigenvalue weighted by molar-refractivity contribution is 5.65. The molecule has 5 nitrogen and oxygen atoms in total. The van der Waals surface area contributed by atoms with Crippen molar-refractivity contribution in [2.24, 2.45) is 5.92 Å². The van der Waals surface area contributed by atoms with Crippen LogP contribution in [0.15, 0.2) is 24.3 Å². The molecule has 145 valence electrons. The van der Waals surface area contributed by atoms with E-state index in [1.165, 1.54) is 43.0 Å². The van der Waals surface area contributed by atoms with Crippen molar-refractivity contribution >= 4 is 11.8 Å². The molecule has 0 amide bonds. The van der Waals surface area contributed by atoms with Crippen LogP contribution in [0.4, 0.5) is 11.8 Å². The number of likely N-dealkylation sites (tertiary alicyclic amines) is 1. The van der Waals surface area contributed by atoms with Crippen LogP contribution < -0.4 is 11.1 Å². The minimum Gasteiger partial charge on any atom is -0.370 e. The molecule has 1 aliphatic rings. The number of benzene rings is 1. The van der Waals surface area contributed by atoms with Gasteiger partial charge < -0.3 is 16.0 Å². The van der Waals surface area contributed by atoms with Crippen molar-refractivity contribution in [2.45, 2.75) is 40.5 Å². The maximum atomic E-state index is 5.97. The number of hydrogen-bond acceptors (Lipinski definition) is 5. The summed E-state index contributed by atoms with van der Waals surface area (Å²) in [4.78, 5) is 11.4. The molecule has 0 bridgehead atoms. The second-order valence-corrected chi connectivity index (χ2v) is 8.18. The lowest BCUT2D eigenvalue weighted by Gasteiger charge is -2.33. The summed E-state index contributed by atoms with van der Waals surface area (Å²) in [6.07, 6.45) is 2.45. The zero-order valence-corrected chi connectivity index (χ0v) is 17.0. The molecule has 1 fully saturated rings. The molecule has 1 aromatic carbocycles. The molecule has 3 rings (SSSR count). The van der Waals surface area contributed by atoms with Crippen LogP contribution in [0.1, 0.15) is 37.8 Å². The highest BCUT2D eigenvalue weighted by Crippen LogP contribution is 2.24. The average molecular weight is 367 g/mol. The van der Waals surface area contributed by atoms with Gasteiger partial charge in [0.15, 0.2) is 0 Å². The van der Waals surface area contributed by atoms with E-state index in [1.54, 1.807) is 0 Å². The van der Waals surface area contributed by atoms with Crippen LogP contribution in [-0.4, -0.2) is 41.0 Å². The van der Waals surface area contributed by atoms with Crippen LogP contribution in [0.3, 0.4) is 0 Å². The van der Waals surface area contributed by atoms with Crippen molar-refractivity contribution in [3.63, 3.8) is 0 Å². The van der Waals surface area contributed by atoms with E-state index in [4.69, 9.17) is 5.73 Å². The van der Waals surface area contributed by atoms with Crippen molar-refractivity contribution in [3.8, 4) is 11.3 Å². The number of anilines is 2. The van der Waals surface area contributed by atoms with Gasteiger partial charge >= 0.3 is 0 Å². The topological polar surface area (TPSA) is 67.1 Å². The van der Waals surface area contributed by atoms with Gasteiger partial charge in [0.05, 0.1) is 5.69 Å². The zero-order chi connectivity index (χ0) is 19.4. The summed E-state index contributed by atoms with van der Waals surface area (Å²) in [7, 11) is 0. The first-order valence-electron chi connectivity index (χ1n) is 9.87. The summed E-state index contributed by atoms with van der Waals surface area (Å²) in [6, 6.07) is 8.45. The number of nitrogen functional groups attached to an aromatic ring is 1. The lowest BCUT2D eigenvalue weighted by molar-refractivity contribution is 0.196. The Labute approximate surface area is 163 Å². The standard InChI is InChI=1S/C22H32N5/c1-15(2)14-27-7-5-18(6-8-27)13-24-21-12-20(25-22(23)26-21)19-10-16(3)9-17(4)11-19/h9-12,18H,5-8,13-14H2,1-4H3,(H3,23,24,25,26). The van der Waals surface area contributed by atoms with E-state index >= 15 is 0 Å². The van der Waals surface area contributed by atoms with Gasteiger partial charge in [0.2, 0.25) is 5.95 Å². The molecule has 0 aliphatic carbocycles. The van der Waals surface area contributed by atoms with Crippen LogP contribution in [0.25, 0.3) is 11.3 Å². The maximum absolute atomic E-state index is 5.97. The summed E-state index contributed by atoms with van der Waals surface area (Å²) < 4.78 is 0. The number of nitrogens with two attached hydrogens (primary N) is 1. The van der Waals surface area contributed by atoms with E-state index in [-0.39, 0.29) is 0 Å². The number of nitrogens with zero attached hydrogens (tertiary/aromatic N) is 3. The predicted molar refractivity (Wildman–Crippen MR) is 114 cm³/mol. The number of rotatable bonds is 6. The fourth-order valence-electron chi connectivity index (χ4n) is 3.87. The summed E-state index contributed by atoms with van der Waals surface area (Å²) in [5.41, 5.74) is 10.4. The Bertz CT molecular complexity index is 743. The van der Waals surface area contributed by atoms with Gasteiger partial charge in [-0.3, -0.25) is 0 Å². The van der Waals surface area contributed by atoms with Gasteiger partial charge in [-0.2, -0.15) is 4.98 Å². The molecular formula is C22H32N5. The SMILES string of the molecule is C[C](C)CN1CCC(CNc2cc(-c3cc(C)cc(C)c3)nc(N)n2)CC1. The van der Waals surface area contributed by atoms with Crippen molar-refractivity contribution in [2.75, 3.05) is 37.2 Å². The highest BCUT2D eigenvalue weighted by Gasteiger charge is 2.19. The quantitative estimate of drug-likeness (QED) is 0.806. The minimum absolute atomic E-state index is 0.318. The highest BCUT2D eigenvalue weighted by atomic mass is 15.1. The number of nitrogens with one attached hydrogen (secondary N) is 1. The molecule has 5 heteroatoms. The molecule has 3 N–H and O–H groups in total. The summed E-state index contributed by atoms with van der Waals surface area (Å²) >= 11 is 0. The third-order valence-electron chi connectivity index (χ3n) is 5.08. The van der Waals surface area contributed by atoms with E-state index < -0.39 is 0 Å². The number of aromatic nitrogens is 2. The first kappa shape index (κ1) is 19.6. The van der Waals surface area contributed by atoms with Gasteiger partial charge in [-0.05, 0) is 63.7 Å². The lowest BCUT2D eigenvalue weighted by atomic mass is 9.96. The minimum atomic E-state index is 0.318. The number of piperidine rings is 1. The van der Waals surface area contributed by atoms with Gasteiger partial charge in [-0.25, -0.2) is 4.98 Å². The third-order valence-corrected chi connectivity index (χ3v) is 5.08. The van der Waals surface area contributed by atoms with Crippen molar-refractivity contribution in [1.29, 1.82) is 0 Å². The van der Waals surface area contributed by atoms with Crippen LogP contribution in [-0.2, 0) is 0 Å². The molecule has 1 radical (unpaired) electrons. The van der Waals surface area contributed by atoms with Crippen LogP contribution in [0, 0.1) is 25.7 Å². The second-order valence-electron chi connectivity index (χ2n) is 8.18. The normalized spacial score (nSPS) is 16.0. The van der Waals surface area contributed by atoms with E-state index in [9.17, 15) is 0 Å². The van der Waals surface area contributed by atoms with E-state index in [1.807, 2.05) is 6.07 Å². The third kappa shape index (κ3) is 5.67. The molecular weight excluding hydrogens is 334 g/mol. The summed E-state index contributed by atoms with van der Waals surface area (Å²) in [6.45, 7) is 13.0. The molecule has 27 heavy (non-hydrogen) atoms. The molecule has 1 aromatic heterocycles. The van der Waals surface area contributed by atoms with Gasteiger partial charge in [0.25, 0.3) is 0 Å². The summed E-state index contributed by atoms with van der Waals surface area (Å²) in [5.74, 6) is 3.30. The first-order chi connectivity index (χ1) is 12.9. The largest absolute Gasteiger partial charge is 0.370 e. The van der Waals surface area contributed by atoms with E-state index in [0.717, 1.165) is 30.2 Å². The monoisotopic (exact) mass is 366 g/mol. The lowest BCUT2D eigenvalue weighted by Crippen LogP contribution is -2.37. The zero-order valence-electron chi connectivity index (χ0n) is 17.0. The van der Waals surface area contributed by atoms with Crippen LogP contribution in [0.2, 0.25) is 0 Å². The van der Waals surface area contributed by atoms with E-state index in [0.29, 0.717) is 11.9 Å². The molecule has 0 spiro atoms. The van der Waals surface area contributed by atoms with Gasteiger partial charge in [-0.1, -0.05) is 31.0 Å². The van der Waals surface area contributed by atoms with Crippen molar-refractivity contribution in [1.82, 2.24) is 14.9 Å². The van der Waals surface area contributed by atoms with Crippen LogP contribution in [0.5, 0.6) is 0 Å². The molecule has 0 unspecified atom stereocenters. The van der Waals surface area contributed by atoms with Gasteiger partial charge in [0, 0.05) is 24.7 Å².